The van der Waals surface area contributed by atoms with E-state index in [1.54, 1.807) is 35.3 Å². The van der Waals surface area contributed by atoms with Crippen LogP contribution in [0.1, 0.15) is 52.2 Å². The second-order valence-electron chi connectivity index (χ2n) is 7.60. The lowest BCUT2D eigenvalue weighted by molar-refractivity contribution is 0.101. The van der Waals surface area contributed by atoms with Crippen molar-refractivity contribution in [1.82, 2.24) is 24.1 Å². The molecule has 4 rings (SSSR count). The van der Waals surface area contributed by atoms with Gasteiger partial charge in [0.2, 0.25) is 5.95 Å². The molecule has 32 heavy (non-hydrogen) atoms. The van der Waals surface area contributed by atoms with Gasteiger partial charge >= 0.3 is 0 Å². The van der Waals surface area contributed by atoms with Crippen LogP contribution in [0.25, 0.3) is 12.2 Å². The highest BCUT2D eigenvalue weighted by Crippen LogP contribution is 2.24. The SMILES string of the molecule is Cc1sc(NC(=O)c2cccn2Cc2ccnc(F)c2)nc1/C=C/c1cn(C(C)C)cn1. The van der Waals surface area contributed by atoms with Gasteiger partial charge in [-0.3, -0.25) is 10.1 Å². The molecule has 0 spiro atoms. The van der Waals surface area contributed by atoms with Crippen LogP contribution < -0.4 is 5.32 Å². The van der Waals surface area contributed by atoms with Gasteiger partial charge in [0.25, 0.3) is 5.91 Å². The molecular formula is C23H23FN6OS. The molecule has 0 aliphatic heterocycles. The summed E-state index contributed by atoms with van der Waals surface area (Å²) in [5.41, 5.74) is 2.82. The van der Waals surface area contributed by atoms with Gasteiger partial charge in [0, 0.05) is 36.1 Å². The van der Waals surface area contributed by atoms with E-state index in [2.05, 4.69) is 34.1 Å². The molecule has 0 saturated heterocycles. The number of halogens is 1. The van der Waals surface area contributed by atoms with E-state index >= 15 is 0 Å². The zero-order valence-corrected chi connectivity index (χ0v) is 18.8. The van der Waals surface area contributed by atoms with Crippen molar-refractivity contribution < 1.29 is 9.18 Å². The molecule has 0 aliphatic rings. The number of nitrogens with one attached hydrogen (secondary N) is 1. The maximum atomic E-state index is 13.4. The highest BCUT2D eigenvalue weighted by molar-refractivity contribution is 7.15. The number of hydrogen-bond acceptors (Lipinski definition) is 5. The number of imidazole rings is 1. The number of anilines is 1. The molecule has 4 heterocycles. The largest absolute Gasteiger partial charge is 0.339 e. The van der Waals surface area contributed by atoms with Gasteiger partial charge in [0.1, 0.15) is 5.69 Å². The Morgan fingerprint density at radius 1 is 1.28 bits per heavy atom. The second-order valence-corrected chi connectivity index (χ2v) is 8.80. The van der Waals surface area contributed by atoms with Gasteiger partial charge in [0.05, 0.1) is 17.7 Å². The topological polar surface area (TPSA) is 77.6 Å². The fraction of sp³-hybridized carbons (Fsp3) is 0.217. The summed E-state index contributed by atoms with van der Waals surface area (Å²) in [7, 11) is 0. The van der Waals surface area contributed by atoms with Crippen molar-refractivity contribution in [2.45, 2.75) is 33.4 Å². The molecule has 0 atom stereocenters. The van der Waals surface area contributed by atoms with Crippen LogP contribution in [-0.4, -0.2) is 30.0 Å². The number of thiazole rings is 1. The standard InChI is InChI=1S/C23H23FN6OS/c1-15(2)30-13-18(26-14-30)6-7-19-16(3)32-23(27-19)28-22(31)20-5-4-10-29(20)12-17-8-9-25-21(24)11-17/h4-11,13-15H,12H2,1-3H3,(H,27,28,31)/b7-6+. The van der Waals surface area contributed by atoms with E-state index in [0.29, 0.717) is 23.4 Å². The van der Waals surface area contributed by atoms with Crippen molar-refractivity contribution in [3.63, 3.8) is 0 Å². The highest BCUT2D eigenvalue weighted by atomic mass is 32.1. The monoisotopic (exact) mass is 450 g/mol. The van der Waals surface area contributed by atoms with E-state index in [-0.39, 0.29) is 5.91 Å². The number of aromatic nitrogens is 5. The van der Waals surface area contributed by atoms with Crippen LogP contribution in [0.15, 0.2) is 49.2 Å². The van der Waals surface area contributed by atoms with Crippen LogP contribution in [0, 0.1) is 12.9 Å². The van der Waals surface area contributed by atoms with E-state index in [1.807, 2.05) is 29.8 Å². The number of hydrogen-bond donors (Lipinski definition) is 1. The molecule has 7 nitrogen and oxygen atoms in total. The lowest BCUT2D eigenvalue weighted by Crippen LogP contribution is -2.17. The minimum atomic E-state index is -0.546. The first-order chi connectivity index (χ1) is 15.4. The molecular weight excluding hydrogens is 427 g/mol. The number of carbonyl (C=O) groups is 1. The summed E-state index contributed by atoms with van der Waals surface area (Å²) in [5, 5.41) is 3.38. The van der Waals surface area contributed by atoms with Crippen molar-refractivity contribution in [3.05, 3.63) is 82.7 Å². The Labute approximate surface area is 189 Å². The van der Waals surface area contributed by atoms with E-state index in [9.17, 15) is 9.18 Å². The Morgan fingerprint density at radius 2 is 2.12 bits per heavy atom. The Kier molecular flexibility index (Phi) is 6.27. The summed E-state index contributed by atoms with van der Waals surface area (Å²) in [6.45, 7) is 6.52. The van der Waals surface area contributed by atoms with Gasteiger partial charge in [-0.2, -0.15) is 4.39 Å². The molecule has 0 fully saturated rings. The first kappa shape index (κ1) is 21.6. The number of carbonyl (C=O) groups excluding carboxylic acids is 1. The van der Waals surface area contributed by atoms with E-state index in [1.165, 1.54) is 23.6 Å². The third-order valence-electron chi connectivity index (χ3n) is 4.89. The molecule has 0 aromatic carbocycles. The summed E-state index contributed by atoms with van der Waals surface area (Å²) >= 11 is 1.41. The molecule has 164 valence electrons. The predicted molar refractivity (Wildman–Crippen MR) is 124 cm³/mol. The number of pyridine rings is 1. The number of rotatable bonds is 7. The molecule has 0 bridgehead atoms. The van der Waals surface area contributed by atoms with Gasteiger partial charge in [-0.1, -0.05) is 0 Å². The second kappa shape index (κ2) is 9.27. The Morgan fingerprint density at radius 3 is 2.88 bits per heavy atom. The summed E-state index contributed by atoms with van der Waals surface area (Å²) in [6.07, 6.45) is 10.8. The lowest BCUT2D eigenvalue weighted by Gasteiger charge is -2.09. The molecule has 0 aliphatic carbocycles. The minimum absolute atomic E-state index is 0.274. The molecule has 0 radical (unpaired) electrons. The molecule has 4 aromatic rings. The summed E-state index contributed by atoms with van der Waals surface area (Å²) in [4.78, 5) is 26.3. The van der Waals surface area contributed by atoms with E-state index in [4.69, 9.17) is 0 Å². The Hall–Kier alpha value is -3.59. The van der Waals surface area contributed by atoms with Gasteiger partial charge in [-0.15, -0.1) is 11.3 Å². The smallest absolute Gasteiger partial charge is 0.274 e. The van der Waals surface area contributed by atoms with E-state index < -0.39 is 5.95 Å². The number of nitrogens with zero attached hydrogens (tertiary/aromatic N) is 5. The van der Waals surface area contributed by atoms with Crippen molar-refractivity contribution >= 4 is 34.5 Å². The molecule has 0 saturated carbocycles. The molecule has 0 unspecified atom stereocenters. The third kappa shape index (κ3) is 5.00. The van der Waals surface area contributed by atoms with Crippen LogP contribution in [0.4, 0.5) is 9.52 Å². The fourth-order valence-corrected chi connectivity index (χ4v) is 3.95. The quantitative estimate of drug-likeness (QED) is 0.400. The average Bonchev–Trinajstić information content (AvgIpc) is 3.47. The predicted octanol–water partition coefficient (Wildman–Crippen LogP) is 5.04. The van der Waals surface area contributed by atoms with Gasteiger partial charge in [-0.05, 0) is 62.8 Å². The summed E-state index contributed by atoms with van der Waals surface area (Å²) in [6, 6.07) is 6.93. The molecule has 9 heteroatoms. The molecule has 1 N–H and O–H groups in total. The fourth-order valence-electron chi connectivity index (χ4n) is 3.16. The van der Waals surface area contributed by atoms with Crippen LogP contribution in [0.5, 0.6) is 0 Å². The average molecular weight is 451 g/mol. The first-order valence-electron chi connectivity index (χ1n) is 10.1. The van der Waals surface area contributed by atoms with E-state index in [0.717, 1.165) is 21.8 Å². The van der Waals surface area contributed by atoms with Crippen LogP contribution >= 0.6 is 11.3 Å². The molecule has 4 aromatic heterocycles. The van der Waals surface area contributed by atoms with Crippen LogP contribution in [0.2, 0.25) is 0 Å². The maximum Gasteiger partial charge on any atom is 0.274 e. The Bertz CT molecular complexity index is 1270. The Balaban J connectivity index is 1.45. The van der Waals surface area contributed by atoms with Crippen molar-refractivity contribution in [3.8, 4) is 0 Å². The first-order valence-corrected chi connectivity index (χ1v) is 11.0. The summed E-state index contributed by atoms with van der Waals surface area (Å²) < 4.78 is 17.2. The van der Waals surface area contributed by atoms with Gasteiger partial charge in [0.15, 0.2) is 5.13 Å². The third-order valence-corrected chi connectivity index (χ3v) is 5.79. The number of amides is 1. The summed E-state index contributed by atoms with van der Waals surface area (Å²) in [5.74, 6) is -0.819. The number of aryl methyl sites for hydroxylation is 1. The minimum Gasteiger partial charge on any atom is -0.339 e. The molecule has 1 amide bonds. The van der Waals surface area contributed by atoms with Crippen molar-refractivity contribution in [2.24, 2.45) is 0 Å². The zero-order chi connectivity index (χ0) is 22.7. The lowest BCUT2D eigenvalue weighted by atomic mass is 10.2. The van der Waals surface area contributed by atoms with Gasteiger partial charge < -0.3 is 9.13 Å². The van der Waals surface area contributed by atoms with Crippen LogP contribution in [0.3, 0.4) is 0 Å². The maximum absolute atomic E-state index is 13.4. The highest BCUT2D eigenvalue weighted by Gasteiger charge is 2.15. The van der Waals surface area contributed by atoms with Gasteiger partial charge in [-0.25, -0.2) is 15.0 Å². The normalized spacial score (nSPS) is 11.5. The zero-order valence-electron chi connectivity index (χ0n) is 18.0. The van der Waals surface area contributed by atoms with Crippen LogP contribution in [-0.2, 0) is 6.54 Å². The van der Waals surface area contributed by atoms with Crippen molar-refractivity contribution in [1.29, 1.82) is 0 Å². The van der Waals surface area contributed by atoms with Crippen molar-refractivity contribution in [2.75, 3.05) is 5.32 Å².